The fourth-order valence-electron chi connectivity index (χ4n) is 2.80. The third-order valence-electron chi connectivity index (χ3n) is 3.97. The summed E-state index contributed by atoms with van der Waals surface area (Å²) in [7, 11) is 0. The topological polar surface area (TPSA) is 92.5 Å². The number of amides is 2. The molecule has 1 radical (unpaired) electrons. The molecule has 2 rings (SSSR count). The summed E-state index contributed by atoms with van der Waals surface area (Å²) in [6.07, 6.45) is 3.58. The molecular formula is C17H22N3O3. The monoisotopic (exact) mass is 316 g/mol. The molecule has 6 heteroatoms. The van der Waals surface area contributed by atoms with Crippen molar-refractivity contribution in [2.24, 2.45) is 5.73 Å². The van der Waals surface area contributed by atoms with E-state index in [0.717, 1.165) is 12.0 Å². The van der Waals surface area contributed by atoms with Gasteiger partial charge in [0.2, 0.25) is 18.1 Å². The van der Waals surface area contributed by atoms with Gasteiger partial charge in [-0.15, -0.1) is 0 Å². The molecule has 1 aliphatic heterocycles. The van der Waals surface area contributed by atoms with Crippen LogP contribution in [0.15, 0.2) is 30.3 Å². The van der Waals surface area contributed by atoms with Gasteiger partial charge in [0.25, 0.3) is 0 Å². The number of likely N-dealkylation sites (tertiary alicyclic amines) is 1. The molecule has 1 aromatic carbocycles. The number of nitrogens with zero attached hydrogens (tertiary/aromatic N) is 1. The lowest BCUT2D eigenvalue weighted by atomic mass is 10.1. The molecule has 0 aromatic heterocycles. The van der Waals surface area contributed by atoms with Crippen molar-refractivity contribution in [2.75, 3.05) is 6.54 Å². The van der Waals surface area contributed by atoms with E-state index in [1.165, 1.54) is 4.90 Å². The van der Waals surface area contributed by atoms with Crippen LogP contribution >= 0.6 is 0 Å². The maximum absolute atomic E-state index is 12.4. The molecule has 3 atom stereocenters. The molecule has 1 saturated heterocycles. The van der Waals surface area contributed by atoms with E-state index in [0.29, 0.717) is 19.4 Å². The molecule has 1 heterocycles. The highest BCUT2D eigenvalue weighted by Gasteiger charge is 2.35. The van der Waals surface area contributed by atoms with Crippen molar-refractivity contribution >= 4 is 18.1 Å². The molecule has 1 aliphatic rings. The minimum atomic E-state index is -0.724. The van der Waals surface area contributed by atoms with Gasteiger partial charge in [0.1, 0.15) is 6.04 Å². The molecule has 2 amide bonds. The lowest BCUT2D eigenvalue weighted by Gasteiger charge is -2.26. The number of rotatable bonds is 6. The number of hydrogen-bond donors (Lipinski definition) is 2. The Balaban J connectivity index is 1.98. The molecule has 6 nitrogen and oxygen atoms in total. The first kappa shape index (κ1) is 17.1. The predicted octanol–water partition coefficient (Wildman–Crippen LogP) is 0.162. The maximum atomic E-state index is 12.4. The Morgan fingerprint density at radius 1 is 1.39 bits per heavy atom. The van der Waals surface area contributed by atoms with Crippen molar-refractivity contribution in [3.05, 3.63) is 35.9 Å². The molecule has 0 aliphatic carbocycles. The summed E-state index contributed by atoms with van der Waals surface area (Å²) in [5.74, 6) is -0.557. The van der Waals surface area contributed by atoms with Gasteiger partial charge in [-0.05, 0) is 25.3 Å². The van der Waals surface area contributed by atoms with Crippen molar-refractivity contribution in [1.29, 1.82) is 0 Å². The summed E-state index contributed by atoms with van der Waals surface area (Å²) in [5, 5.41) is 2.68. The SMILES string of the molecule is CC(N)C(=O)N1CCCC1C(=O)NC([C]=O)Cc1ccccc1. The average molecular weight is 316 g/mol. The van der Waals surface area contributed by atoms with Crippen LogP contribution in [-0.4, -0.2) is 47.7 Å². The van der Waals surface area contributed by atoms with Gasteiger partial charge in [-0.3, -0.25) is 14.4 Å². The highest BCUT2D eigenvalue weighted by molar-refractivity contribution is 5.91. The van der Waals surface area contributed by atoms with E-state index in [1.807, 2.05) is 36.6 Å². The van der Waals surface area contributed by atoms with Crippen molar-refractivity contribution in [3.63, 3.8) is 0 Å². The number of carbonyl (C=O) groups is 2. The molecule has 1 aromatic rings. The number of hydrogen-bond acceptors (Lipinski definition) is 4. The Labute approximate surface area is 136 Å². The summed E-state index contributed by atoms with van der Waals surface area (Å²) in [4.78, 5) is 37.1. The van der Waals surface area contributed by atoms with Crippen LogP contribution < -0.4 is 11.1 Å². The molecule has 23 heavy (non-hydrogen) atoms. The zero-order valence-electron chi connectivity index (χ0n) is 13.2. The van der Waals surface area contributed by atoms with E-state index in [2.05, 4.69) is 5.32 Å². The van der Waals surface area contributed by atoms with Crippen LogP contribution in [0, 0.1) is 0 Å². The fourth-order valence-corrected chi connectivity index (χ4v) is 2.80. The highest BCUT2D eigenvalue weighted by atomic mass is 16.2. The Morgan fingerprint density at radius 2 is 2.09 bits per heavy atom. The average Bonchev–Trinajstić information content (AvgIpc) is 3.03. The van der Waals surface area contributed by atoms with E-state index in [4.69, 9.17) is 5.73 Å². The predicted molar refractivity (Wildman–Crippen MR) is 86.2 cm³/mol. The number of nitrogens with one attached hydrogen (secondary N) is 1. The lowest BCUT2D eigenvalue weighted by Crippen LogP contribution is -2.52. The van der Waals surface area contributed by atoms with Gasteiger partial charge in [0.15, 0.2) is 0 Å². The second-order valence-electron chi connectivity index (χ2n) is 5.85. The van der Waals surface area contributed by atoms with Crippen LogP contribution in [0.4, 0.5) is 0 Å². The summed E-state index contributed by atoms with van der Waals surface area (Å²) in [6.45, 7) is 2.12. The quantitative estimate of drug-likeness (QED) is 0.782. The maximum Gasteiger partial charge on any atom is 0.243 e. The highest BCUT2D eigenvalue weighted by Crippen LogP contribution is 2.18. The molecule has 0 spiro atoms. The second-order valence-corrected chi connectivity index (χ2v) is 5.85. The van der Waals surface area contributed by atoms with E-state index >= 15 is 0 Å². The zero-order chi connectivity index (χ0) is 16.8. The fraction of sp³-hybridized carbons (Fsp3) is 0.471. The van der Waals surface area contributed by atoms with Gasteiger partial charge in [-0.1, -0.05) is 30.3 Å². The summed E-state index contributed by atoms with van der Waals surface area (Å²) in [6, 6.07) is 7.49. The van der Waals surface area contributed by atoms with E-state index in [-0.39, 0.29) is 11.8 Å². The van der Waals surface area contributed by atoms with Gasteiger partial charge in [-0.2, -0.15) is 0 Å². The van der Waals surface area contributed by atoms with Crippen molar-refractivity contribution in [2.45, 2.75) is 44.3 Å². The standard InChI is InChI=1S/C17H22N3O3/c1-12(18)17(23)20-9-5-8-15(20)16(22)19-14(11-21)10-13-6-3-2-4-7-13/h2-4,6-7,12,14-15H,5,8-10,18H2,1H3,(H,19,22). The van der Waals surface area contributed by atoms with Gasteiger partial charge in [0, 0.05) is 13.0 Å². The number of nitrogens with two attached hydrogens (primary N) is 1. The minimum Gasteiger partial charge on any atom is -0.344 e. The van der Waals surface area contributed by atoms with Crippen LogP contribution in [0.5, 0.6) is 0 Å². The lowest BCUT2D eigenvalue weighted by molar-refractivity contribution is -0.139. The summed E-state index contributed by atoms with van der Waals surface area (Å²) >= 11 is 0. The number of carbonyl (C=O) groups excluding carboxylic acids is 3. The van der Waals surface area contributed by atoms with Crippen LogP contribution in [0.2, 0.25) is 0 Å². The van der Waals surface area contributed by atoms with E-state index < -0.39 is 18.1 Å². The first-order valence-electron chi connectivity index (χ1n) is 7.81. The van der Waals surface area contributed by atoms with Crippen LogP contribution in [-0.2, 0) is 20.8 Å². The van der Waals surface area contributed by atoms with Gasteiger partial charge in [0.05, 0.1) is 12.1 Å². The Hall–Kier alpha value is -2.21. The Kier molecular flexibility index (Phi) is 5.87. The summed E-state index contributed by atoms with van der Waals surface area (Å²) in [5.41, 5.74) is 6.56. The van der Waals surface area contributed by atoms with Crippen LogP contribution in [0.25, 0.3) is 0 Å². The van der Waals surface area contributed by atoms with Crippen LogP contribution in [0.1, 0.15) is 25.3 Å². The Morgan fingerprint density at radius 3 is 2.70 bits per heavy atom. The smallest absolute Gasteiger partial charge is 0.243 e. The van der Waals surface area contributed by atoms with Crippen molar-refractivity contribution in [3.8, 4) is 0 Å². The summed E-state index contributed by atoms with van der Waals surface area (Å²) < 4.78 is 0. The van der Waals surface area contributed by atoms with Gasteiger partial charge in [-0.25, -0.2) is 0 Å². The van der Waals surface area contributed by atoms with E-state index in [1.54, 1.807) is 6.92 Å². The zero-order valence-corrected chi connectivity index (χ0v) is 13.2. The first-order chi connectivity index (χ1) is 11.0. The second kappa shape index (κ2) is 7.87. The van der Waals surface area contributed by atoms with Gasteiger partial charge >= 0.3 is 0 Å². The molecule has 123 valence electrons. The Bertz CT molecular complexity index is 559. The molecule has 0 saturated carbocycles. The normalized spacial score (nSPS) is 19.9. The van der Waals surface area contributed by atoms with Gasteiger partial charge < -0.3 is 16.0 Å². The molecule has 3 N–H and O–H groups in total. The largest absolute Gasteiger partial charge is 0.344 e. The number of benzene rings is 1. The van der Waals surface area contributed by atoms with Crippen molar-refractivity contribution in [1.82, 2.24) is 10.2 Å². The molecule has 1 fully saturated rings. The molecular weight excluding hydrogens is 294 g/mol. The first-order valence-corrected chi connectivity index (χ1v) is 7.81. The molecule has 0 bridgehead atoms. The van der Waals surface area contributed by atoms with Crippen LogP contribution in [0.3, 0.4) is 0 Å². The third-order valence-corrected chi connectivity index (χ3v) is 3.97. The van der Waals surface area contributed by atoms with E-state index in [9.17, 15) is 14.4 Å². The molecule has 3 unspecified atom stereocenters. The van der Waals surface area contributed by atoms with Crippen molar-refractivity contribution < 1.29 is 14.4 Å². The minimum absolute atomic E-state index is 0.239. The third kappa shape index (κ3) is 4.39.